The molecule has 0 bridgehead atoms. The average molecular weight is 172 g/mol. The van der Waals surface area contributed by atoms with Crippen molar-refractivity contribution in [2.45, 2.75) is 20.3 Å². The van der Waals surface area contributed by atoms with Crippen molar-refractivity contribution in [1.82, 2.24) is 0 Å². The maximum absolute atomic E-state index is 11.6. The van der Waals surface area contributed by atoms with Crippen LogP contribution in [0.15, 0.2) is 11.9 Å². The third kappa shape index (κ3) is 7.88. The molecule has 0 aromatic rings. The molecule has 0 aromatic heterocycles. The third-order valence-corrected chi connectivity index (χ3v) is 0.760. The van der Waals surface area contributed by atoms with Crippen molar-refractivity contribution in [3.8, 4) is 0 Å². The molecule has 0 rings (SSSR count). The number of rotatable bonds is 2. The molecule has 0 unspecified atom stereocenters. The lowest BCUT2D eigenvalue weighted by Gasteiger charge is -1.86. The van der Waals surface area contributed by atoms with E-state index in [9.17, 15) is 13.2 Å². The average Bonchev–Trinajstić information content (AvgIpc) is 1.93. The number of allylic oxidation sites excluding steroid dienone is 1. The zero-order valence-corrected chi connectivity index (χ0v) is 6.89. The Balaban J connectivity index is 0. The first kappa shape index (κ1) is 12.5. The molecule has 0 nitrogen and oxygen atoms in total. The zero-order valence-electron chi connectivity index (χ0n) is 6.00. The van der Waals surface area contributed by atoms with Gasteiger partial charge >= 0.3 is 6.08 Å². The number of halogens is 3. The molecular formula is C6H11F3S. The molecule has 0 aliphatic heterocycles. The molecule has 0 saturated carbocycles. The van der Waals surface area contributed by atoms with E-state index in [1.165, 1.54) is 0 Å². The Hall–Kier alpha value is -0.120. The molecule has 0 aliphatic carbocycles. The van der Waals surface area contributed by atoms with Crippen molar-refractivity contribution >= 4 is 12.6 Å². The van der Waals surface area contributed by atoms with Crippen molar-refractivity contribution in [1.29, 1.82) is 0 Å². The van der Waals surface area contributed by atoms with Gasteiger partial charge in [0.2, 0.25) is 0 Å². The van der Waals surface area contributed by atoms with Crippen LogP contribution in [-0.2, 0) is 0 Å². The second-order valence-electron chi connectivity index (χ2n) is 1.14. The van der Waals surface area contributed by atoms with Gasteiger partial charge in [0.15, 0.2) is 5.83 Å². The Kier molecular flexibility index (Phi) is 11.1. The summed E-state index contributed by atoms with van der Waals surface area (Å²) >= 11 is 3.55. The highest BCUT2D eigenvalue weighted by Crippen LogP contribution is 2.12. The van der Waals surface area contributed by atoms with Crippen molar-refractivity contribution in [3.05, 3.63) is 11.9 Å². The summed E-state index contributed by atoms with van der Waals surface area (Å²) in [4.78, 5) is 0. The summed E-state index contributed by atoms with van der Waals surface area (Å²) in [5, 5.41) is 0. The Morgan fingerprint density at radius 3 is 1.70 bits per heavy atom. The molecule has 10 heavy (non-hydrogen) atoms. The van der Waals surface area contributed by atoms with Crippen LogP contribution < -0.4 is 0 Å². The van der Waals surface area contributed by atoms with Gasteiger partial charge in [0.1, 0.15) is 0 Å². The largest absolute Gasteiger partial charge is 0.301 e. The van der Waals surface area contributed by atoms with Gasteiger partial charge in [-0.1, -0.05) is 13.8 Å². The minimum atomic E-state index is -2.24. The van der Waals surface area contributed by atoms with Crippen LogP contribution in [0.1, 0.15) is 20.3 Å². The molecule has 0 fully saturated rings. The van der Waals surface area contributed by atoms with E-state index in [4.69, 9.17) is 0 Å². The van der Waals surface area contributed by atoms with E-state index in [1.54, 1.807) is 0 Å². The van der Waals surface area contributed by atoms with Crippen molar-refractivity contribution in [2.75, 3.05) is 5.75 Å². The standard InChI is InChI=1S/C4H5F3S.C2H6/c5-3(1-2-8)4(6)7;1-2/h8H,1-2H2;1-2H3. The smallest absolute Gasteiger partial charge is 0.206 e. The second-order valence-corrected chi connectivity index (χ2v) is 1.59. The summed E-state index contributed by atoms with van der Waals surface area (Å²) in [5.74, 6) is -1.25. The van der Waals surface area contributed by atoms with Crippen molar-refractivity contribution < 1.29 is 13.2 Å². The van der Waals surface area contributed by atoms with Crippen molar-refractivity contribution in [2.24, 2.45) is 0 Å². The monoisotopic (exact) mass is 172 g/mol. The van der Waals surface area contributed by atoms with Crippen LogP contribution in [0.4, 0.5) is 13.2 Å². The molecule has 0 amide bonds. The fourth-order valence-electron chi connectivity index (χ4n) is 0.193. The van der Waals surface area contributed by atoms with Gasteiger partial charge < -0.3 is 0 Å². The molecule has 0 spiro atoms. The summed E-state index contributed by atoms with van der Waals surface area (Å²) in [6.07, 6.45) is -2.52. The molecule has 4 heteroatoms. The van der Waals surface area contributed by atoms with Gasteiger partial charge in [-0.25, -0.2) is 4.39 Å². The summed E-state index contributed by atoms with van der Waals surface area (Å²) in [6.45, 7) is 4.00. The highest BCUT2D eigenvalue weighted by Gasteiger charge is 2.01. The summed E-state index contributed by atoms with van der Waals surface area (Å²) in [7, 11) is 0. The van der Waals surface area contributed by atoms with Gasteiger partial charge in [-0.2, -0.15) is 21.4 Å². The van der Waals surface area contributed by atoms with E-state index in [2.05, 4.69) is 12.6 Å². The lowest BCUT2D eigenvalue weighted by Crippen LogP contribution is -1.76. The Bertz CT molecular complexity index is 97.2. The van der Waals surface area contributed by atoms with E-state index < -0.39 is 11.9 Å². The highest BCUT2D eigenvalue weighted by molar-refractivity contribution is 7.80. The van der Waals surface area contributed by atoms with Crippen LogP contribution >= 0.6 is 12.6 Å². The number of thiol groups is 1. The molecule has 0 N–H and O–H groups in total. The van der Waals surface area contributed by atoms with E-state index in [-0.39, 0.29) is 12.2 Å². The van der Waals surface area contributed by atoms with Gasteiger partial charge in [0.05, 0.1) is 0 Å². The molecule has 0 heterocycles. The first-order valence-corrected chi connectivity index (χ1v) is 3.62. The van der Waals surface area contributed by atoms with Gasteiger partial charge in [0.25, 0.3) is 0 Å². The number of hydrogen-bond acceptors (Lipinski definition) is 1. The van der Waals surface area contributed by atoms with E-state index in [0.717, 1.165) is 0 Å². The summed E-state index contributed by atoms with van der Waals surface area (Å²) < 4.78 is 33.8. The molecule has 0 atom stereocenters. The van der Waals surface area contributed by atoms with Crippen LogP contribution in [0, 0.1) is 0 Å². The SMILES string of the molecule is CC.FC(F)=C(F)CCS. The Labute approximate surface area is 64.5 Å². The summed E-state index contributed by atoms with van der Waals surface area (Å²) in [5.41, 5.74) is 0. The van der Waals surface area contributed by atoms with Crippen LogP contribution in [0.3, 0.4) is 0 Å². The fourth-order valence-corrected chi connectivity index (χ4v) is 0.389. The van der Waals surface area contributed by atoms with E-state index in [0.29, 0.717) is 0 Å². The first-order chi connectivity index (χ1) is 4.68. The lowest BCUT2D eigenvalue weighted by molar-refractivity contribution is 0.373. The first-order valence-electron chi connectivity index (χ1n) is 2.99. The van der Waals surface area contributed by atoms with Crippen LogP contribution in [0.2, 0.25) is 0 Å². The summed E-state index contributed by atoms with van der Waals surface area (Å²) in [6, 6.07) is 0. The van der Waals surface area contributed by atoms with Crippen molar-refractivity contribution in [3.63, 3.8) is 0 Å². The Morgan fingerprint density at radius 1 is 1.20 bits per heavy atom. The lowest BCUT2D eigenvalue weighted by atomic mass is 10.4. The maximum Gasteiger partial charge on any atom is 0.301 e. The third-order valence-electron chi connectivity index (χ3n) is 0.536. The molecular weight excluding hydrogens is 161 g/mol. The van der Waals surface area contributed by atoms with E-state index >= 15 is 0 Å². The minimum Gasteiger partial charge on any atom is -0.206 e. The van der Waals surface area contributed by atoms with Gasteiger partial charge in [-0.05, 0) is 5.75 Å². The van der Waals surface area contributed by atoms with E-state index in [1.807, 2.05) is 13.8 Å². The zero-order chi connectivity index (χ0) is 8.57. The normalized spacial score (nSPS) is 7.80. The van der Waals surface area contributed by atoms with Crippen LogP contribution in [0.25, 0.3) is 0 Å². The van der Waals surface area contributed by atoms with Crippen LogP contribution in [-0.4, -0.2) is 5.75 Å². The fraction of sp³-hybridized carbons (Fsp3) is 0.667. The predicted molar refractivity (Wildman–Crippen MR) is 40.2 cm³/mol. The topological polar surface area (TPSA) is 0 Å². The second kappa shape index (κ2) is 8.88. The maximum atomic E-state index is 11.6. The molecule has 62 valence electrons. The highest BCUT2D eigenvalue weighted by atomic mass is 32.1. The molecule has 0 saturated heterocycles. The Morgan fingerprint density at radius 2 is 1.60 bits per heavy atom. The molecule has 0 aliphatic rings. The molecule has 0 aromatic carbocycles. The van der Waals surface area contributed by atoms with Gasteiger partial charge in [-0.15, -0.1) is 0 Å². The minimum absolute atomic E-state index is 0.114. The quantitative estimate of drug-likeness (QED) is 0.606. The van der Waals surface area contributed by atoms with Crippen LogP contribution in [0.5, 0.6) is 0 Å². The van der Waals surface area contributed by atoms with Gasteiger partial charge in [0, 0.05) is 6.42 Å². The predicted octanol–water partition coefficient (Wildman–Crippen LogP) is 3.41. The molecule has 0 radical (unpaired) electrons. The number of hydrogen-bond donors (Lipinski definition) is 1. The van der Waals surface area contributed by atoms with Gasteiger partial charge in [-0.3, -0.25) is 0 Å².